The van der Waals surface area contributed by atoms with Crippen LogP contribution in [0.3, 0.4) is 0 Å². The molecule has 1 saturated heterocycles. The van der Waals surface area contributed by atoms with Crippen LogP contribution in [0.1, 0.15) is 6.92 Å². The maximum absolute atomic E-state index is 11.5. The first-order valence-electron chi connectivity index (χ1n) is 4.55. The molecule has 0 atom stereocenters. The Morgan fingerprint density at radius 3 is 3.07 bits per heavy atom. The molecule has 0 unspecified atom stereocenters. The maximum atomic E-state index is 11.5. The Morgan fingerprint density at radius 2 is 2.53 bits per heavy atom. The van der Waals surface area contributed by atoms with Gasteiger partial charge in [-0.1, -0.05) is 11.8 Å². The largest absolute Gasteiger partial charge is 0.386 e. The Bertz CT molecular complexity index is 344. The number of carbonyl (C=O) groups is 1. The van der Waals surface area contributed by atoms with E-state index in [2.05, 4.69) is 15.2 Å². The second kappa shape index (κ2) is 3.82. The van der Waals surface area contributed by atoms with Gasteiger partial charge in [0.1, 0.15) is 6.33 Å². The third-order valence-corrected chi connectivity index (χ3v) is 3.00. The molecule has 0 spiro atoms. The van der Waals surface area contributed by atoms with Crippen molar-refractivity contribution in [3.05, 3.63) is 6.33 Å². The van der Waals surface area contributed by atoms with Gasteiger partial charge >= 0.3 is 0 Å². The minimum Gasteiger partial charge on any atom is -0.386 e. The predicted molar refractivity (Wildman–Crippen MR) is 54.3 cm³/mol. The fourth-order valence-electron chi connectivity index (χ4n) is 1.44. The minimum absolute atomic E-state index is 0.0166. The summed E-state index contributed by atoms with van der Waals surface area (Å²) in [5, 5.41) is 16.4. The lowest BCUT2D eigenvalue weighted by molar-refractivity contribution is -0.149. The van der Waals surface area contributed by atoms with Crippen molar-refractivity contribution in [1.82, 2.24) is 20.1 Å². The summed E-state index contributed by atoms with van der Waals surface area (Å²) in [5.74, 6) is 0.341. The molecular formula is C8H12N4O2S. The third kappa shape index (κ3) is 2.48. The topological polar surface area (TPSA) is 82.1 Å². The molecule has 82 valence electrons. The molecule has 2 rings (SSSR count). The Labute approximate surface area is 91.1 Å². The van der Waals surface area contributed by atoms with E-state index in [4.69, 9.17) is 0 Å². The predicted octanol–water partition coefficient (Wildman–Crippen LogP) is -0.510. The number of β-amino-alcohol motifs (C(OH)–C–C–N with tert-alkyl or cyclic N) is 1. The molecule has 0 bridgehead atoms. The normalized spacial score (nSPS) is 18.7. The van der Waals surface area contributed by atoms with Gasteiger partial charge in [0.05, 0.1) is 24.4 Å². The number of likely N-dealkylation sites (tertiary alicyclic amines) is 1. The lowest BCUT2D eigenvalue weighted by atomic mass is 9.97. The summed E-state index contributed by atoms with van der Waals surface area (Å²) in [4.78, 5) is 17.1. The second-order valence-corrected chi connectivity index (χ2v) is 4.79. The summed E-state index contributed by atoms with van der Waals surface area (Å²) in [6, 6.07) is 0. The van der Waals surface area contributed by atoms with Gasteiger partial charge in [0.15, 0.2) is 5.16 Å². The van der Waals surface area contributed by atoms with E-state index in [1.165, 1.54) is 18.1 Å². The quantitative estimate of drug-likeness (QED) is 0.681. The van der Waals surface area contributed by atoms with Crippen LogP contribution in [-0.4, -0.2) is 55.5 Å². The van der Waals surface area contributed by atoms with Gasteiger partial charge in [0.25, 0.3) is 0 Å². The van der Waals surface area contributed by atoms with E-state index in [0.717, 1.165) is 0 Å². The molecule has 6 nitrogen and oxygen atoms in total. The van der Waals surface area contributed by atoms with Crippen molar-refractivity contribution < 1.29 is 9.90 Å². The van der Waals surface area contributed by atoms with Crippen molar-refractivity contribution in [3.8, 4) is 0 Å². The van der Waals surface area contributed by atoms with Crippen LogP contribution in [0.15, 0.2) is 11.5 Å². The number of amides is 1. The van der Waals surface area contributed by atoms with Crippen molar-refractivity contribution in [2.75, 3.05) is 18.8 Å². The zero-order valence-electron chi connectivity index (χ0n) is 8.30. The molecule has 0 radical (unpaired) electrons. The first kappa shape index (κ1) is 10.4. The van der Waals surface area contributed by atoms with Crippen LogP contribution in [-0.2, 0) is 4.79 Å². The van der Waals surface area contributed by atoms with Crippen LogP contribution in [0.2, 0.25) is 0 Å². The summed E-state index contributed by atoms with van der Waals surface area (Å²) >= 11 is 1.31. The Balaban J connectivity index is 1.75. The van der Waals surface area contributed by atoms with E-state index in [-0.39, 0.29) is 5.91 Å². The van der Waals surface area contributed by atoms with Gasteiger partial charge in [-0.25, -0.2) is 4.98 Å². The van der Waals surface area contributed by atoms with E-state index in [1.807, 2.05) is 0 Å². The highest BCUT2D eigenvalue weighted by Gasteiger charge is 2.39. The van der Waals surface area contributed by atoms with Crippen molar-refractivity contribution in [1.29, 1.82) is 0 Å². The van der Waals surface area contributed by atoms with Crippen LogP contribution < -0.4 is 0 Å². The highest BCUT2D eigenvalue weighted by atomic mass is 32.2. The fraction of sp³-hybridized carbons (Fsp3) is 0.625. The van der Waals surface area contributed by atoms with Crippen molar-refractivity contribution >= 4 is 17.7 Å². The first-order valence-corrected chi connectivity index (χ1v) is 5.54. The van der Waals surface area contributed by atoms with Crippen molar-refractivity contribution in [3.63, 3.8) is 0 Å². The van der Waals surface area contributed by atoms with Gasteiger partial charge in [0, 0.05) is 0 Å². The SMILES string of the molecule is CC1(O)CN(C(=O)CSc2ncn[nH]2)C1. The molecule has 7 heteroatoms. The standard InChI is InChI=1S/C8H12N4O2S/c1-8(14)3-12(4-8)6(13)2-15-7-9-5-10-11-7/h5,14H,2-4H2,1H3,(H,9,10,11). The number of rotatable bonds is 3. The molecule has 1 amide bonds. The molecule has 1 aliphatic heterocycles. The van der Waals surface area contributed by atoms with Gasteiger partial charge in [-0.05, 0) is 6.92 Å². The van der Waals surface area contributed by atoms with Gasteiger partial charge in [-0.3, -0.25) is 9.89 Å². The summed E-state index contributed by atoms with van der Waals surface area (Å²) in [7, 11) is 0. The smallest absolute Gasteiger partial charge is 0.233 e. The number of aliphatic hydroxyl groups is 1. The van der Waals surface area contributed by atoms with Crippen LogP contribution in [0.25, 0.3) is 0 Å². The zero-order valence-corrected chi connectivity index (χ0v) is 9.12. The number of hydrogen-bond donors (Lipinski definition) is 2. The molecule has 1 aromatic rings. The van der Waals surface area contributed by atoms with Crippen LogP contribution >= 0.6 is 11.8 Å². The van der Waals surface area contributed by atoms with Crippen LogP contribution in [0.5, 0.6) is 0 Å². The molecule has 2 heterocycles. The number of nitrogens with one attached hydrogen (secondary N) is 1. The highest BCUT2D eigenvalue weighted by molar-refractivity contribution is 7.99. The molecule has 1 fully saturated rings. The maximum Gasteiger partial charge on any atom is 0.233 e. The van der Waals surface area contributed by atoms with Gasteiger partial charge < -0.3 is 10.0 Å². The van der Waals surface area contributed by atoms with Crippen LogP contribution in [0, 0.1) is 0 Å². The summed E-state index contributed by atoms with van der Waals surface area (Å²) < 4.78 is 0. The zero-order chi connectivity index (χ0) is 10.9. The molecule has 1 aliphatic rings. The Kier molecular flexibility index (Phi) is 2.66. The average Bonchev–Trinajstić information content (AvgIpc) is 2.62. The van der Waals surface area contributed by atoms with E-state index in [0.29, 0.717) is 24.0 Å². The Morgan fingerprint density at radius 1 is 1.80 bits per heavy atom. The Hall–Kier alpha value is -1.08. The number of nitrogens with zero attached hydrogens (tertiary/aromatic N) is 3. The molecule has 0 aliphatic carbocycles. The average molecular weight is 228 g/mol. The lowest BCUT2D eigenvalue weighted by Crippen LogP contribution is -2.62. The molecule has 1 aromatic heterocycles. The van der Waals surface area contributed by atoms with E-state index >= 15 is 0 Å². The number of aromatic amines is 1. The fourth-order valence-corrected chi connectivity index (χ4v) is 2.12. The molecule has 15 heavy (non-hydrogen) atoms. The van der Waals surface area contributed by atoms with Crippen molar-refractivity contribution in [2.24, 2.45) is 0 Å². The summed E-state index contributed by atoms with van der Waals surface area (Å²) in [6.07, 6.45) is 1.40. The summed E-state index contributed by atoms with van der Waals surface area (Å²) in [5.41, 5.74) is -0.702. The highest BCUT2D eigenvalue weighted by Crippen LogP contribution is 2.21. The molecule has 0 aromatic carbocycles. The van der Waals surface area contributed by atoms with E-state index in [9.17, 15) is 9.90 Å². The van der Waals surface area contributed by atoms with Gasteiger partial charge in [-0.2, -0.15) is 5.10 Å². The lowest BCUT2D eigenvalue weighted by Gasteiger charge is -2.44. The van der Waals surface area contributed by atoms with E-state index in [1.54, 1.807) is 11.8 Å². The number of carbonyl (C=O) groups excluding carboxylic acids is 1. The minimum atomic E-state index is -0.702. The molecule has 0 saturated carbocycles. The number of H-pyrrole nitrogens is 1. The number of thioether (sulfide) groups is 1. The van der Waals surface area contributed by atoms with Crippen molar-refractivity contribution in [2.45, 2.75) is 17.7 Å². The molecular weight excluding hydrogens is 216 g/mol. The van der Waals surface area contributed by atoms with Gasteiger partial charge in [0.2, 0.25) is 5.91 Å². The van der Waals surface area contributed by atoms with Gasteiger partial charge in [-0.15, -0.1) is 0 Å². The first-order chi connectivity index (χ1) is 7.07. The monoisotopic (exact) mass is 228 g/mol. The third-order valence-electron chi connectivity index (χ3n) is 2.14. The van der Waals surface area contributed by atoms with E-state index < -0.39 is 5.60 Å². The number of aromatic nitrogens is 3. The summed E-state index contributed by atoms with van der Waals surface area (Å²) in [6.45, 7) is 2.56. The second-order valence-electron chi connectivity index (χ2n) is 3.83. The number of hydrogen-bond acceptors (Lipinski definition) is 5. The van der Waals surface area contributed by atoms with Crippen LogP contribution in [0.4, 0.5) is 0 Å². The molecule has 2 N–H and O–H groups in total.